The molecule has 0 saturated carbocycles. The Morgan fingerprint density at radius 1 is 1.21 bits per heavy atom. The zero-order valence-corrected chi connectivity index (χ0v) is 14.2. The van der Waals surface area contributed by atoms with Crippen LogP contribution in [0, 0.1) is 0 Å². The van der Waals surface area contributed by atoms with Gasteiger partial charge < -0.3 is 19.6 Å². The summed E-state index contributed by atoms with van der Waals surface area (Å²) < 4.78 is 5.32. The Morgan fingerprint density at radius 3 is 2.33 bits per heavy atom. The van der Waals surface area contributed by atoms with Gasteiger partial charge in [0.25, 0.3) is 0 Å². The molecule has 1 aromatic carbocycles. The molecular formula is C18H23NO5. The second-order valence-electron chi connectivity index (χ2n) is 6.16. The first kappa shape index (κ1) is 19.5. The maximum atomic E-state index is 11.8. The molecule has 6 heteroatoms. The Morgan fingerprint density at radius 2 is 1.83 bits per heavy atom. The van der Waals surface area contributed by atoms with Crippen molar-refractivity contribution in [3.05, 3.63) is 35.4 Å². The Hall–Kier alpha value is -2.50. The normalized spacial score (nSPS) is 13.5. The highest BCUT2D eigenvalue weighted by Crippen LogP contribution is 2.24. The molecule has 2 unspecified atom stereocenters. The SMILES string of the molecule is CC(OC(=O)CCC(C=O)NC=O)c1ccc(C(C)(C)C=O)cc1. The van der Waals surface area contributed by atoms with Gasteiger partial charge in [0.2, 0.25) is 6.41 Å². The van der Waals surface area contributed by atoms with Gasteiger partial charge in [0, 0.05) is 11.8 Å². The van der Waals surface area contributed by atoms with E-state index in [4.69, 9.17) is 4.74 Å². The summed E-state index contributed by atoms with van der Waals surface area (Å²) in [6.07, 6.45) is 1.68. The van der Waals surface area contributed by atoms with E-state index in [9.17, 15) is 19.2 Å². The topological polar surface area (TPSA) is 89.5 Å². The molecule has 0 heterocycles. The standard InChI is InChI=1S/C18H23NO5/c1-13(24-17(23)9-8-16(10-20)19-12-22)14-4-6-15(7-5-14)18(2,3)11-21/h4-7,10-13,16H,8-9H2,1-3H3,(H,19,22). The predicted molar refractivity (Wildman–Crippen MR) is 88.3 cm³/mol. The Bertz CT molecular complexity index is 580. The number of hydrogen-bond donors (Lipinski definition) is 1. The second-order valence-corrected chi connectivity index (χ2v) is 6.16. The van der Waals surface area contributed by atoms with Gasteiger partial charge in [0.15, 0.2) is 0 Å². The fraction of sp³-hybridized carbons (Fsp3) is 0.444. The molecule has 0 bridgehead atoms. The van der Waals surface area contributed by atoms with Gasteiger partial charge in [-0.25, -0.2) is 0 Å². The van der Waals surface area contributed by atoms with Gasteiger partial charge in [-0.15, -0.1) is 0 Å². The van der Waals surface area contributed by atoms with Crippen molar-refractivity contribution < 1.29 is 23.9 Å². The number of amides is 1. The Kier molecular flexibility index (Phi) is 7.30. The van der Waals surface area contributed by atoms with Crippen molar-refractivity contribution in [2.45, 2.75) is 51.2 Å². The van der Waals surface area contributed by atoms with Crippen LogP contribution in [0.25, 0.3) is 0 Å². The molecule has 24 heavy (non-hydrogen) atoms. The van der Waals surface area contributed by atoms with Crippen LogP contribution < -0.4 is 5.32 Å². The quantitative estimate of drug-likeness (QED) is 0.521. The maximum Gasteiger partial charge on any atom is 0.306 e. The first-order chi connectivity index (χ1) is 11.3. The van der Waals surface area contributed by atoms with Crippen LogP contribution in [0.1, 0.15) is 50.8 Å². The molecule has 1 rings (SSSR count). The van der Waals surface area contributed by atoms with Crippen molar-refractivity contribution in [2.75, 3.05) is 0 Å². The molecule has 0 fully saturated rings. The first-order valence-electron chi connectivity index (χ1n) is 7.75. The van der Waals surface area contributed by atoms with Crippen molar-refractivity contribution in [2.24, 2.45) is 0 Å². The molecule has 0 aliphatic heterocycles. The molecule has 0 spiro atoms. The lowest BCUT2D eigenvalue weighted by molar-refractivity contribution is -0.148. The molecule has 130 valence electrons. The molecule has 6 nitrogen and oxygen atoms in total. The number of aldehydes is 2. The van der Waals surface area contributed by atoms with Crippen LogP contribution in [0.3, 0.4) is 0 Å². The lowest BCUT2D eigenvalue weighted by Gasteiger charge is -2.19. The molecular weight excluding hydrogens is 310 g/mol. The number of esters is 1. The zero-order valence-electron chi connectivity index (χ0n) is 14.2. The third-order valence-corrected chi connectivity index (χ3v) is 3.83. The Labute approximate surface area is 141 Å². The lowest BCUT2D eigenvalue weighted by atomic mass is 9.86. The van der Waals surface area contributed by atoms with E-state index in [0.29, 0.717) is 12.7 Å². The number of rotatable bonds is 10. The average molecular weight is 333 g/mol. The van der Waals surface area contributed by atoms with E-state index < -0.39 is 23.5 Å². The van der Waals surface area contributed by atoms with Gasteiger partial charge in [0.1, 0.15) is 18.7 Å². The highest BCUT2D eigenvalue weighted by molar-refractivity contribution is 5.71. The average Bonchev–Trinajstić information content (AvgIpc) is 2.58. The number of nitrogens with one attached hydrogen (secondary N) is 1. The van der Waals surface area contributed by atoms with E-state index >= 15 is 0 Å². The molecule has 0 aliphatic rings. The van der Waals surface area contributed by atoms with E-state index in [-0.39, 0.29) is 12.8 Å². The first-order valence-corrected chi connectivity index (χ1v) is 7.75. The van der Waals surface area contributed by atoms with E-state index in [1.807, 2.05) is 38.1 Å². The van der Waals surface area contributed by atoms with Crippen molar-refractivity contribution in [3.8, 4) is 0 Å². The third-order valence-electron chi connectivity index (χ3n) is 3.83. The molecule has 0 radical (unpaired) electrons. The summed E-state index contributed by atoms with van der Waals surface area (Å²) in [6, 6.07) is 6.63. The minimum absolute atomic E-state index is 0.0326. The minimum atomic E-state index is -0.685. The van der Waals surface area contributed by atoms with Crippen molar-refractivity contribution in [1.29, 1.82) is 0 Å². The summed E-state index contributed by atoms with van der Waals surface area (Å²) >= 11 is 0. The maximum absolute atomic E-state index is 11.8. The fourth-order valence-electron chi connectivity index (χ4n) is 2.13. The van der Waals surface area contributed by atoms with Crippen LogP contribution >= 0.6 is 0 Å². The minimum Gasteiger partial charge on any atom is -0.458 e. The van der Waals surface area contributed by atoms with Crippen LogP contribution in [-0.4, -0.2) is 31.0 Å². The van der Waals surface area contributed by atoms with Crippen molar-refractivity contribution >= 4 is 25.0 Å². The van der Waals surface area contributed by atoms with Gasteiger partial charge >= 0.3 is 5.97 Å². The van der Waals surface area contributed by atoms with Crippen LogP contribution in [0.15, 0.2) is 24.3 Å². The van der Waals surface area contributed by atoms with Gasteiger partial charge in [-0.05, 0) is 38.3 Å². The number of carbonyl (C=O) groups excluding carboxylic acids is 4. The number of ether oxygens (including phenoxy) is 1. The smallest absolute Gasteiger partial charge is 0.306 e. The van der Waals surface area contributed by atoms with Crippen molar-refractivity contribution in [1.82, 2.24) is 5.32 Å². The predicted octanol–water partition coefficient (Wildman–Crippen LogP) is 1.86. The number of hydrogen-bond acceptors (Lipinski definition) is 5. The summed E-state index contributed by atoms with van der Waals surface area (Å²) in [7, 11) is 0. The molecule has 1 amide bonds. The van der Waals surface area contributed by atoms with E-state index in [1.54, 1.807) is 6.92 Å². The number of carbonyl (C=O) groups is 4. The van der Waals surface area contributed by atoms with Gasteiger partial charge in [0.05, 0.1) is 6.04 Å². The van der Waals surface area contributed by atoms with Gasteiger partial charge in [-0.2, -0.15) is 0 Å². The summed E-state index contributed by atoms with van der Waals surface area (Å²) in [4.78, 5) is 43.9. The molecule has 0 aromatic heterocycles. The van der Waals surface area contributed by atoms with Crippen LogP contribution in [0.2, 0.25) is 0 Å². The fourth-order valence-corrected chi connectivity index (χ4v) is 2.13. The zero-order chi connectivity index (χ0) is 18.2. The highest BCUT2D eigenvalue weighted by atomic mass is 16.5. The van der Waals surface area contributed by atoms with Crippen LogP contribution in [0.4, 0.5) is 0 Å². The Balaban J connectivity index is 2.59. The van der Waals surface area contributed by atoms with E-state index in [0.717, 1.165) is 17.4 Å². The molecule has 1 N–H and O–H groups in total. The largest absolute Gasteiger partial charge is 0.458 e. The summed E-state index contributed by atoms with van der Waals surface area (Å²) in [6.45, 7) is 5.41. The summed E-state index contributed by atoms with van der Waals surface area (Å²) in [5, 5.41) is 2.31. The van der Waals surface area contributed by atoms with Crippen LogP contribution in [0.5, 0.6) is 0 Å². The molecule has 0 aliphatic carbocycles. The highest BCUT2D eigenvalue weighted by Gasteiger charge is 2.20. The molecule has 1 aromatic rings. The second kappa shape index (κ2) is 8.96. The molecule has 0 saturated heterocycles. The lowest BCUT2D eigenvalue weighted by Crippen LogP contribution is -2.30. The summed E-state index contributed by atoms with van der Waals surface area (Å²) in [5.41, 5.74) is 1.13. The monoisotopic (exact) mass is 333 g/mol. The van der Waals surface area contributed by atoms with E-state index in [1.165, 1.54) is 0 Å². The van der Waals surface area contributed by atoms with Gasteiger partial charge in [-0.1, -0.05) is 24.3 Å². The van der Waals surface area contributed by atoms with E-state index in [2.05, 4.69) is 5.32 Å². The summed E-state index contributed by atoms with van der Waals surface area (Å²) in [5.74, 6) is -0.445. The third kappa shape index (κ3) is 5.61. The van der Waals surface area contributed by atoms with Crippen molar-refractivity contribution in [3.63, 3.8) is 0 Å². The molecule has 2 atom stereocenters. The van der Waals surface area contributed by atoms with Gasteiger partial charge in [-0.3, -0.25) is 9.59 Å². The number of benzene rings is 1. The van der Waals surface area contributed by atoms with Crippen LogP contribution in [-0.2, 0) is 29.3 Å².